The first-order chi connectivity index (χ1) is 11.2. The van der Waals surface area contributed by atoms with Crippen molar-refractivity contribution in [3.63, 3.8) is 0 Å². The van der Waals surface area contributed by atoms with Crippen LogP contribution in [0.15, 0.2) is 12.1 Å². The Morgan fingerprint density at radius 2 is 1.88 bits per heavy atom. The number of amides is 1. The summed E-state index contributed by atoms with van der Waals surface area (Å²) in [6, 6.07) is 3.73. The molecule has 0 bridgehead atoms. The third-order valence-corrected chi connectivity index (χ3v) is 4.07. The summed E-state index contributed by atoms with van der Waals surface area (Å²) in [5.41, 5.74) is 2.47. The molecule has 134 valence electrons. The molecule has 0 aliphatic carbocycles. The lowest BCUT2D eigenvalue weighted by molar-refractivity contribution is 0.0528. The molecule has 2 aromatic rings. The van der Waals surface area contributed by atoms with Crippen LogP contribution in [0.4, 0.5) is 4.79 Å². The van der Waals surface area contributed by atoms with E-state index in [1.807, 2.05) is 47.6 Å². The van der Waals surface area contributed by atoms with Gasteiger partial charge < -0.3 is 15.0 Å². The van der Waals surface area contributed by atoms with Crippen molar-refractivity contribution in [2.45, 2.75) is 53.6 Å². The highest BCUT2D eigenvalue weighted by Crippen LogP contribution is 2.33. The number of aromatic nitrogens is 1. The number of aryl methyl sites for hydroxylation is 1. The second-order valence-electron chi connectivity index (χ2n) is 6.19. The predicted octanol–water partition coefficient (Wildman–Crippen LogP) is 5.88. The van der Waals surface area contributed by atoms with Gasteiger partial charge in [0, 0.05) is 24.0 Å². The van der Waals surface area contributed by atoms with Crippen LogP contribution in [0.25, 0.3) is 10.9 Å². The molecule has 2 N–H and O–H groups in total. The molecule has 1 aromatic heterocycles. The second kappa shape index (κ2) is 8.63. The number of nitrogens with one attached hydrogen (secondary N) is 2. The molecule has 0 saturated heterocycles. The predicted molar refractivity (Wildman–Crippen MR) is 102 cm³/mol. The summed E-state index contributed by atoms with van der Waals surface area (Å²) in [6.45, 7) is 12.0. The third-order valence-electron chi connectivity index (χ3n) is 3.27. The van der Waals surface area contributed by atoms with Crippen LogP contribution in [-0.2, 0) is 11.2 Å². The summed E-state index contributed by atoms with van der Waals surface area (Å²) < 4.78 is 5.20. The van der Waals surface area contributed by atoms with E-state index in [1.165, 1.54) is 0 Å². The van der Waals surface area contributed by atoms with Crippen molar-refractivity contribution in [2.24, 2.45) is 0 Å². The fourth-order valence-electron chi connectivity index (χ4n) is 2.25. The molecule has 0 unspecified atom stereocenters. The minimum Gasteiger partial charge on any atom is -0.444 e. The normalized spacial score (nSPS) is 11.0. The largest absolute Gasteiger partial charge is 0.444 e. The average molecular weight is 373 g/mol. The van der Waals surface area contributed by atoms with E-state index in [2.05, 4.69) is 10.3 Å². The number of aromatic amines is 1. The Kier molecular flexibility index (Phi) is 7.43. The number of ether oxygens (including phenoxy) is 1. The Morgan fingerprint density at radius 3 is 2.46 bits per heavy atom. The van der Waals surface area contributed by atoms with Crippen LogP contribution in [0, 0.1) is 6.92 Å². The van der Waals surface area contributed by atoms with Gasteiger partial charge in [-0.15, -0.1) is 0 Å². The lowest BCUT2D eigenvalue weighted by Crippen LogP contribution is -2.33. The number of carbonyl (C=O) groups is 1. The van der Waals surface area contributed by atoms with Gasteiger partial charge in [0.1, 0.15) is 5.60 Å². The van der Waals surface area contributed by atoms with Crippen molar-refractivity contribution in [3.8, 4) is 0 Å². The average Bonchev–Trinajstić information content (AvgIpc) is 2.81. The minimum absolute atomic E-state index is 0.414. The summed E-state index contributed by atoms with van der Waals surface area (Å²) in [5.74, 6) is 0. The molecule has 1 amide bonds. The summed E-state index contributed by atoms with van der Waals surface area (Å²) in [5, 5.41) is 4.83. The first-order valence-electron chi connectivity index (χ1n) is 8.11. The molecule has 1 heterocycles. The number of hydrogen-bond donors (Lipinski definition) is 2. The first kappa shape index (κ1) is 20.7. The Morgan fingerprint density at radius 1 is 1.25 bits per heavy atom. The van der Waals surface area contributed by atoms with Crippen molar-refractivity contribution in [1.29, 1.82) is 0 Å². The molecule has 2 rings (SSSR count). The van der Waals surface area contributed by atoms with Crippen molar-refractivity contribution >= 4 is 40.2 Å². The smallest absolute Gasteiger partial charge is 0.407 e. The number of H-pyrrole nitrogens is 1. The third kappa shape index (κ3) is 5.32. The molecule has 0 fully saturated rings. The maximum absolute atomic E-state index is 11.6. The van der Waals surface area contributed by atoms with Gasteiger partial charge in [-0.3, -0.25) is 0 Å². The highest BCUT2D eigenvalue weighted by Gasteiger charge is 2.16. The van der Waals surface area contributed by atoms with Crippen molar-refractivity contribution in [2.75, 3.05) is 6.54 Å². The quantitative estimate of drug-likeness (QED) is 0.706. The van der Waals surface area contributed by atoms with Crippen LogP contribution in [0.5, 0.6) is 0 Å². The number of fused-ring (bicyclic) bond motifs is 1. The monoisotopic (exact) mass is 372 g/mol. The van der Waals surface area contributed by atoms with E-state index in [4.69, 9.17) is 27.9 Å². The van der Waals surface area contributed by atoms with E-state index in [-0.39, 0.29) is 0 Å². The van der Waals surface area contributed by atoms with Gasteiger partial charge in [-0.1, -0.05) is 43.1 Å². The molecule has 0 saturated carbocycles. The summed E-state index contributed by atoms with van der Waals surface area (Å²) in [7, 11) is 0. The van der Waals surface area contributed by atoms with Gasteiger partial charge in [-0.2, -0.15) is 0 Å². The highest BCUT2D eigenvalue weighted by molar-refractivity contribution is 6.45. The molecule has 6 heteroatoms. The lowest BCUT2D eigenvalue weighted by atomic mass is 10.1. The molecular formula is C18H26Cl2N2O2. The van der Waals surface area contributed by atoms with Gasteiger partial charge in [-0.25, -0.2) is 4.79 Å². The Hall–Kier alpha value is -1.39. The molecule has 0 atom stereocenters. The molecular weight excluding hydrogens is 347 g/mol. The maximum atomic E-state index is 11.6. The van der Waals surface area contributed by atoms with Crippen LogP contribution in [-0.4, -0.2) is 23.2 Å². The van der Waals surface area contributed by atoms with Crippen LogP contribution in [0.3, 0.4) is 0 Å². The number of alkyl carbamates (subject to hydrolysis) is 1. The van der Waals surface area contributed by atoms with E-state index >= 15 is 0 Å². The summed E-state index contributed by atoms with van der Waals surface area (Å²) in [6.07, 6.45) is 0.246. The fraction of sp³-hybridized carbons (Fsp3) is 0.500. The Bertz CT molecular complexity index is 703. The number of hydrogen-bond acceptors (Lipinski definition) is 2. The Labute approximate surface area is 153 Å². The van der Waals surface area contributed by atoms with E-state index in [9.17, 15) is 4.79 Å². The van der Waals surface area contributed by atoms with E-state index in [1.54, 1.807) is 6.07 Å². The lowest BCUT2D eigenvalue weighted by Gasteiger charge is -2.19. The maximum Gasteiger partial charge on any atom is 0.407 e. The second-order valence-corrected chi connectivity index (χ2v) is 6.98. The number of halogens is 2. The zero-order valence-corrected chi connectivity index (χ0v) is 16.7. The van der Waals surface area contributed by atoms with Gasteiger partial charge in [0.25, 0.3) is 0 Å². The van der Waals surface area contributed by atoms with Crippen LogP contribution >= 0.6 is 23.2 Å². The Balaban J connectivity index is 0.00000139. The zero-order valence-electron chi connectivity index (χ0n) is 15.1. The molecule has 1 aromatic carbocycles. The number of rotatable bonds is 3. The standard InChI is InChI=1S/C16H20Cl2N2O2.C2H6/c1-9-10-5-6-11(17)13(18)14(10)20-12(9)7-8-19-15(21)22-16(2,3)4;1-2/h5-6,20H,7-8H2,1-4H3,(H,19,21);1-2H3. The zero-order chi connectivity index (χ0) is 18.5. The van der Waals surface area contributed by atoms with Crippen molar-refractivity contribution in [3.05, 3.63) is 33.4 Å². The van der Waals surface area contributed by atoms with E-state index in [0.717, 1.165) is 22.2 Å². The van der Waals surface area contributed by atoms with Crippen LogP contribution < -0.4 is 5.32 Å². The number of carbonyl (C=O) groups excluding carboxylic acids is 1. The summed E-state index contributed by atoms with van der Waals surface area (Å²) in [4.78, 5) is 14.9. The molecule has 0 aliphatic rings. The van der Waals surface area contributed by atoms with Gasteiger partial charge in [0.05, 0.1) is 15.6 Å². The summed E-state index contributed by atoms with van der Waals surface area (Å²) >= 11 is 12.2. The van der Waals surface area contributed by atoms with Gasteiger partial charge in [0.15, 0.2) is 0 Å². The van der Waals surface area contributed by atoms with Crippen molar-refractivity contribution < 1.29 is 9.53 Å². The van der Waals surface area contributed by atoms with Crippen LogP contribution in [0.1, 0.15) is 45.9 Å². The minimum atomic E-state index is -0.495. The molecule has 0 aliphatic heterocycles. The van der Waals surface area contributed by atoms with Gasteiger partial charge in [-0.05, 0) is 39.3 Å². The molecule has 24 heavy (non-hydrogen) atoms. The molecule has 4 nitrogen and oxygen atoms in total. The van der Waals surface area contributed by atoms with E-state index in [0.29, 0.717) is 23.0 Å². The van der Waals surface area contributed by atoms with Gasteiger partial charge in [0.2, 0.25) is 0 Å². The van der Waals surface area contributed by atoms with Crippen LogP contribution in [0.2, 0.25) is 10.0 Å². The van der Waals surface area contributed by atoms with E-state index < -0.39 is 11.7 Å². The molecule has 0 radical (unpaired) electrons. The highest BCUT2D eigenvalue weighted by atomic mass is 35.5. The SMILES string of the molecule is CC.Cc1c(CCNC(=O)OC(C)(C)C)[nH]c2c(Cl)c(Cl)ccc12. The topological polar surface area (TPSA) is 54.1 Å². The molecule has 0 spiro atoms. The first-order valence-corrected chi connectivity index (χ1v) is 8.86. The van der Waals surface area contributed by atoms with Gasteiger partial charge >= 0.3 is 6.09 Å². The van der Waals surface area contributed by atoms with Crippen molar-refractivity contribution in [1.82, 2.24) is 10.3 Å². The number of benzene rings is 1. The fourth-order valence-corrected chi connectivity index (χ4v) is 2.62.